The second kappa shape index (κ2) is 9.24. The van der Waals surface area contributed by atoms with E-state index >= 15 is 0 Å². The van der Waals surface area contributed by atoms with Crippen molar-refractivity contribution in [2.24, 2.45) is 0 Å². The second-order valence-electron chi connectivity index (χ2n) is 6.08. The lowest BCUT2D eigenvalue weighted by Gasteiger charge is -2.30. The van der Waals surface area contributed by atoms with E-state index in [1.807, 2.05) is 51.7 Å². The van der Waals surface area contributed by atoms with Gasteiger partial charge in [0, 0.05) is 32.2 Å². The first-order valence-electron chi connectivity index (χ1n) is 8.11. The summed E-state index contributed by atoms with van der Waals surface area (Å²) in [5.41, 5.74) is 2.84. The van der Waals surface area contributed by atoms with Gasteiger partial charge in [0.1, 0.15) is 21.5 Å². The number of aliphatic hydroxyl groups excluding tert-OH is 1. The van der Waals surface area contributed by atoms with Crippen LogP contribution in [-0.4, -0.2) is 51.6 Å². The molecule has 1 amide bonds. The molecule has 1 atom stereocenters. The lowest BCUT2D eigenvalue weighted by Crippen LogP contribution is -2.42. The van der Waals surface area contributed by atoms with Crippen molar-refractivity contribution < 1.29 is 13.0 Å². The highest BCUT2D eigenvalue weighted by molar-refractivity contribution is 14.1. The molecular weight excluding hydrogens is 562 g/mol. The molecule has 0 spiro atoms. The Bertz CT molecular complexity index is 790. The van der Waals surface area contributed by atoms with Crippen LogP contribution in [0.4, 0.5) is 0 Å². The molecule has 1 aromatic carbocycles. The number of aliphatic hydroxyl groups is 1. The summed E-state index contributed by atoms with van der Waals surface area (Å²) in [6.45, 7) is 2.34. The number of hydrogen-bond acceptors (Lipinski definition) is 6. The number of carbonyl (C=O) groups is 1. The van der Waals surface area contributed by atoms with Gasteiger partial charge in [-0.3, -0.25) is 9.69 Å². The molecule has 26 heavy (non-hydrogen) atoms. The van der Waals surface area contributed by atoms with Gasteiger partial charge in [-0.05, 0) is 52.3 Å². The lowest BCUT2D eigenvalue weighted by molar-refractivity contribution is 0.0838. The quantitative estimate of drug-likeness (QED) is 0.402. The minimum Gasteiger partial charge on any atom is -0.428 e. The number of hydrogen-bond donors (Lipinski definition) is 2. The van der Waals surface area contributed by atoms with Crippen LogP contribution < -0.4 is 8.38 Å². The van der Waals surface area contributed by atoms with Crippen LogP contribution in [0.5, 0.6) is 5.75 Å². The minimum atomic E-state index is -0.640. The molecule has 0 saturated heterocycles. The predicted octanol–water partition coefficient (Wildman–Crippen LogP) is 1.96. The summed E-state index contributed by atoms with van der Waals surface area (Å²) in [5.74, 6) is 0.555. The van der Waals surface area contributed by atoms with Gasteiger partial charge in [0.05, 0.1) is 6.10 Å². The number of amides is 1. The van der Waals surface area contributed by atoms with Gasteiger partial charge in [-0.25, -0.2) is 9.97 Å². The highest BCUT2D eigenvalue weighted by Crippen LogP contribution is 2.24. The zero-order valence-electron chi connectivity index (χ0n) is 13.9. The van der Waals surface area contributed by atoms with Crippen LogP contribution >= 0.6 is 45.6 Å². The summed E-state index contributed by atoms with van der Waals surface area (Å²) in [5, 5.41) is 13.0. The summed E-state index contributed by atoms with van der Waals surface area (Å²) >= 11 is 3.91. The largest absolute Gasteiger partial charge is 0.428 e. The standard InChI is InChI=1S/C17H18I2N4O3/c18-16-6-15(21-10-22-16)17(25)20-7-13(24)9-23-4-3-11-5-14(26-19)2-1-12(11)8-23/h1-2,5-6,10,13,24H,3-4,7-9H2,(H,20,25)/t13-/m0/s1. The van der Waals surface area contributed by atoms with Gasteiger partial charge in [-0.2, -0.15) is 0 Å². The van der Waals surface area contributed by atoms with E-state index < -0.39 is 6.10 Å². The maximum Gasteiger partial charge on any atom is 0.270 e. The molecule has 1 aliphatic rings. The first-order chi connectivity index (χ1) is 12.5. The molecule has 2 aromatic rings. The highest BCUT2D eigenvalue weighted by atomic mass is 127. The Balaban J connectivity index is 1.49. The molecule has 0 bridgehead atoms. The second-order valence-corrected chi connectivity index (χ2v) is 7.63. The maximum absolute atomic E-state index is 12.1. The van der Waals surface area contributed by atoms with Crippen molar-refractivity contribution >= 4 is 51.5 Å². The molecule has 138 valence electrons. The summed E-state index contributed by atoms with van der Waals surface area (Å²) in [7, 11) is 0. The molecule has 0 saturated carbocycles. The monoisotopic (exact) mass is 580 g/mol. The van der Waals surface area contributed by atoms with Crippen LogP contribution in [0.3, 0.4) is 0 Å². The summed E-state index contributed by atoms with van der Waals surface area (Å²) in [4.78, 5) is 22.2. The Labute approximate surface area is 179 Å². The van der Waals surface area contributed by atoms with Crippen molar-refractivity contribution in [1.82, 2.24) is 20.2 Å². The van der Waals surface area contributed by atoms with Gasteiger partial charge in [-0.15, -0.1) is 0 Å². The number of halogens is 2. The van der Waals surface area contributed by atoms with E-state index in [0.717, 1.165) is 25.3 Å². The predicted molar refractivity (Wildman–Crippen MR) is 113 cm³/mol. The molecule has 3 rings (SSSR count). The molecule has 9 heteroatoms. The van der Waals surface area contributed by atoms with E-state index in [1.54, 1.807) is 6.07 Å². The average Bonchev–Trinajstić information content (AvgIpc) is 2.65. The zero-order chi connectivity index (χ0) is 18.5. The van der Waals surface area contributed by atoms with Gasteiger partial charge in [0.25, 0.3) is 5.91 Å². The third-order valence-corrected chi connectivity index (χ3v) is 5.29. The van der Waals surface area contributed by atoms with E-state index in [-0.39, 0.29) is 12.5 Å². The average molecular weight is 580 g/mol. The van der Waals surface area contributed by atoms with E-state index in [2.05, 4.69) is 32.3 Å². The van der Waals surface area contributed by atoms with Crippen molar-refractivity contribution in [3.05, 3.63) is 51.1 Å². The highest BCUT2D eigenvalue weighted by Gasteiger charge is 2.20. The van der Waals surface area contributed by atoms with Crippen LogP contribution in [0.25, 0.3) is 0 Å². The fourth-order valence-corrected chi connectivity index (χ4v) is 3.61. The third kappa shape index (κ3) is 5.24. The Hall–Kier alpha value is -1.05. The first kappa shape index (κ1) is 19.7. The van der Waals surface area contributed by atoms with E-state index in [0.29, 0.717) is 15.9 Å². The fraction of sp³-hybridized carbons (Fsp3) is 0.353. The van der Waals surface area contributed by atoms with Crippen molar-refractivity contribution in [2.75, 3.05) is 19.6 Å². The van der Waals surface area contributed by atoms with Gasteiger partial charge in [0.2, 0.25) is 0 Å². The molecular formula is C17H18I2N4O3. The third-order valence-electron chi connectivity index (χ3n) is 4.19. The number of aromatic nitrogens is 2. The van der Waals surface area contributed by atoms with Crippen LogP contribution in [0.2, 0.25) is 0 Å². The van der Waals surface area contributed by atoms with E-state index in [1.165, 1.54) is 17.5 Å². The normalized spacial score (nSPS) is 15.2. The van der Waals surface area contributed by atoms with Gasteiger partial charge < -0.3 is 13.5 Å². The van der Waals surface area contributed by atoms with Crippen LogP contribution in [-0.2, 0) is 13.0 Å². The minimum absolute atomic E-state index is 0.185. The molecule has 2 N–H and O–H groups in total. The number of β-amino-alcohol motifs (C(OH)–C–C–N with tert-alkyl or cyclic N) is 1. The Morgan fingerprint density at radius 3 is 2.96 bits per heavy atom. The Kier molecular flexibility index (Phi) is 7.00. The van der Waals surface area contributed by atoms with Crippen molar-refractivity contribution in [3.63, 3.8) is 0 Å². The smallest absolute Gasteiger partial charge is 0.270 e. The van der Waals surface area contributed by atoms with Gasteiger partial charge in [0.15, 0.2) is 23.0 Å². The Morgan fingerprint density at radius 2 is 2.19 bits per heavy atom. The number of benzene rings is 1. The number of nitrogens with one attached hydrogen (secondary N) is 1. The summed E-state index contributed by atoms with van der Waals surface area (Å²) in [6, 6.07) is 7.70. The molecule has 2 heterocycles. The maximum atomic E-state index is 12.1. The van der Waals surface area contributed by atoms with Crippen molar-refractivity contribution in [1.29, 1.82) is 0 Å². The molecule has 0 fully saturated rings. The van der Waals surface area contributed by atoms with Crippen molar-refractivity contribution in [3.8, 4) is 5.75 Å². The number of carbonyl (C=O) groups excluding carboxylic acids is 1. The Morgan fingerprint density at radius 1 is 1.35 bits per heavy atom. The fourth-order valence-electron chi connectivity index (χ4n) is 2.91. The van der Waals surface area contributed by atoms with Crippen molar-refractivity contribution in [2.45, 2.75) is 19.1 Å². The van der Waals surface area contributed by atoms with Crippen LogP contribution in [0, 0.1) is 3.70 Å². The van der Waals surface area contributed by atoms with Gasteiger partial charge in [-0.1, -0.05) is 6.07 Å². The molecule has 7 nitrogen and oxygen atoms in total. The summed E-state index contributed by atoms with van der Waals surface area (Å²) in [6.07, 6.45) is 1.63. The van der Waals surface area contributed by atoms with E-state index in [9.17, 15) is 9.90 Å². The van der Waals surface area contributed by atoms with E-state index in [4.69, 9.17) is 3.07 Å². The molecule has 1 aliphatic heterocycles. The zero-order valence-corrected chi connectivity index (χ0v) is 18.2. The topological polar surface area (TPSA) is 87.6 Å². The summed E-state index contributed by atoms with van der Waals surface area (Å²) < 4.78 is 5.94. The number of fused-ring (bicyclic) bond motifs is 1. The first-order valence-corrected chi connectivity index (χ1v) is 10.1. The molecule has 0 unspecified atom stereocenters. The molecule has 0 aliphatic carbocycles. The number of rotatable bonds is 6. The molecule has 1 aromatic heterocycles. The lowest BCUT2D eigenvalue weighted by atomic mass is 9.99. The van der Waals surface area contributed by atoms with Crippen LogP contribution in [0.15, 0.2) is 30.6 Å². The molecule has 0 radical (unpaired) electrons. The number of nitrogens with zero attached hydrogens (tertiary/aromatic N) is 3. The SMILES string of the molecule is O=C(NC[C@H](O)CN1CCc2cc(OI)ccc2C1)c1cc(I)ncn1. The van der Waals surface area contributed by atoms with Gasteiger partial charge >= 0.3 is 0 Å². The van der Waals surface area contributed by atoms with Crippen LogP contribution in [0.1, 0.15) is 21.6 Å².